The number of hydrogen-bond donors (Lipinski definition) is 1. The van der Waals surface area contributed by atoms with Gasteiger partial charge in [-0.1, -0.05) is 30.3 Å². The van der Waals surface area contributed by atoms with Gasteiger partial charge in [-0.05, 0) is 43.2 Å². The molecular weight excluding hydrogens is 358 g/mol. The van der Waals surface area contributed by atoms with E-state index in [1.807, 2.05) is 18.2 Å². The highest BCUT2D eigenvalue weighted by molar-refractivity contribution is 7.18. The van der Waals surface area contributed by atoms with Crippen molar-refractivity contribution in [3.8, 4) is 0 Å². The third-order valence-electron chi connectivity index (χ3n) is 5.87. The summed E-state index contributed by atoms with van der Waals surface area (Å²) >= 11 is 1.62. The summed E-state index contributed by atoms with van der Waals surface area (Å²) in [6.07, 6.45) is 6.78. The Morgan fingerprint density at radius 2 is 2.04 bits per heavy atom. The van der Waals surface area contributed by atoms with Crippen LogP contribution in [-0.2, 0) is 29.6 Å². The normalized spacial score (nSPS) is 17.0. The van der Waals surface area contributed by atoms with Crippen LogP contribution in [0.25, 0.3) is 10.2 Å². The monoisotopic (exact) mass is 379 g/mol. The number of thiophene rings is 1. The standard InChI is InChI=1S/C21H21N3O2S/c25-17(22-12-21(9-10-21)14-5-2-1-3-6-14)11-24-13-23-19-18(20(24)26)15-7-4-8-16(15)27-19/h1-3,5-6,13H,4,7-12H2,(H,22,25). The lowest BCUT2D eigenvalue weighted by Gasteiger charge is -2.16. The number of fused-ring (bicyclic) bond motifs is 3. The zero-order valence-electron chi connectivity index (χ0n) is 15.0. The number of rotatable bonds is 5. The van der Waals surface area contributed by atoms with Gasteiger partial charge in [0, 0.05) is 16.8 Å². The smallest absolute Gasteiger partial charge is 0.262 e. The van der Waals surface area contributed by atoms with E-state index in [0.29, 0.717) is 6.54 Å². The molecule has 2 aliphatic carbocycles. The molecule has 3 aromatic rings. The lowest BCUT2D eigenvalue weighted by atomic mass is 9.96. The molecule has 5 nitrogen and oxygen atoms in total. The molecule has 138 valence electrons. The molecule has 0 bridgehead atoms. The molecule has 0 spiro atoms. The van der Waals surface area contributed by atoms with Gasteiger partial charge < -0.3 is 5.32 Å². The second-order valence-electron chi connectivity index (χ2n) is 7.64. The highest BCUT2D eigenvalue weighted by Crippen LogP contribution is 2.47. The predicted molar refractivity (Wildman–Crippen MR) is 106 cm³/mol. The number of carbonyl (C=O) groups excluding carboxylic acids is 1. The predicted octanol–water partition coefficient (Wildman–Crippen LogP) is 2.79. The number of hydrogen-bond acceptors (Lipinski definition) is 4. The van der Waals surface area contributed by atoms with Crippen LogP contribution >= 0.6 is 11.3 Å². The third kappa shape index (κ3) is 2.88. The van der Waals surface area contributed by atoms with Gasteiger partial charge in [0.05, 0.1) is 11.7 Å². The number of nitrogens with one attached hydrogen (secondary N) is 1. The van der Waals surface area contributed by atoms with Crippen molar-refractivity contribution in [3.63, 3.8) is 0 Å². The maximum atomic E-state index is 12.9. The van der Waals surface area contributed by atoms with Crippen LogP contribution in [0, 0.1) is 0 Å². The number of nitrogens with zero attached hydrogens (tertiary/aromatic N) is 2. The van der Waals surface area contributed by atoms with Crippen LogP contribution in [0.1, 0.15) is 35.3 Å². The average molecular weight is 379 g/mol. The summed E-state index contributed by atoms with van der Waals surface area (Å²) in [5.74, 6) is -0.132. The quantitative estimate of drug-likeness (QED) is 0.741. The Bertz CT molecular complexity index is 1080. The Hall–Kier alpha value is -2.47. The van der Waals surface area contributed by atoms with E-state index < -0.39 is 0 Å². The van der Waals surface area contributed by atoms with Crippen molar-refractivity contribution in [2.24, 2.45) is 0 Å². The highest BCUT2D eigenvalue weighted by atomic mass is 32.1. The molecule has 0 radical (unpaired) electrons. The molecule has 6 heteroatoms. The van der Waals surface area contributed by atoms with Crippen molar-refractivity contribution in [3.05, 3.63) is 63.0 Å². The van der Waals surface area contributed by atoms with Gasteiger partial charge in [0.15, 0.2) is 0 Å². The average Bonchev–Trinajstić information content (AvgIpc) is 3.20. The van der Waals surface area contributed by atoms with Crippen LogP contribution in [0.5, 0.6) is 0 Å². The van der Waals surface area contributed by atoms with Crippen molar-refractivity contribution in [2.75, 3.05) is 6.54 Å². The van der Waals surface area contributed by atoms with E-state index >= 15 is 0 Å². The minimum Gasteiger partial charge on any atom is -0.354 e. The van der Waals surface area contributed by atoms with E-state index in [0.717, 1.165) is 47.9 Å². The maximum absolute atomic E-state index is 12.9. The molecule has 0 saturated heterocycles. The summed E-state index contributed by atoms with van der Waals surface area (Å²) in [6, 6.07) is 10.3. The zero-order chi connectivity index (χ0) is 18.4. The van der Waals surface area contributed by atoms with Crippen LogP contribution < -0.4 is 10.9 Å². The minimum atomic E-state index is -0.132. The van der Waals surface area contributed by atoms with Crippen molar-refractivity contribution in [1.82, 2.24) is 14.9 Å². The molecule has 27 heavy (non-hydrogen) atoms. The lowest BCUT2D eigenvalue weighted by Crippen LogP contribution is -2.36. The number of aryl methyl sites for hydroxylation is 2. The molecule has 2 aromatic heterocycles. The van der Waals surface area contributed by atoms with E-state index in [9.17, 15) is 9.59 Å². The zero-order valence-corrected chi connectivity index (χ0v) is 15.8. The molecule has 0 unspecified atom stereocenters. The van der Waals surface area contributed by atoms with E-state index in [-0.39, 0.29) is 23.4 Å². The van der Waals surface area contributed by atoms with Gasteiger partial charge in [-0.15, -0.1) is 11.3 Å². The van der Waals surface area contributed by atoms with Crippen molar-refractivity contribution in [1.29, 1.82) is 0 Å². The summed E-state index contributed by atoms with van der Waals surface area (Å²) in [4.78, 5) is 31.9. The second kappa shape index (κ2) is 6.30. The molecular formula is C21H21N3O2S. The number of amides is 1. The van der Waals surface area contributed by atoms with Crippen LogP contribution in [0.3, 0.4) is 0 Å². The SMILES string of the molecule is O=C(Cn1cnc2sc3c(c2c1=O)CCC3)NCC1(c2ccccc2)CC1. The van der Waals surface area contributed by atoms with Gasteiger partial charge in [0.25, 0.3) is 5.56 Å². The number of aromatic nitrogens is 2. The van der Waals surface area contributed by atoms with E-state index in [1.165, 1.54) is 21.3 Å². The second-order valence-corrected chi connectivity index (χ2v) is 8.72. The van der Waals surface area contributed by atoms with Crippen molar-refractivity contribution >= 4 is 27.5 Å². The Kier molecular flexibility index (Phi) is 3.90. The Labute approximate surface area is 161 Å². The molecule has 2 heterocycles. The lowest BCUT2D eigenvalue weighted by molar-refractivity contribution is -0.121. The summed E-state index contributed by atoms with van der Waals surface area (Å²) in [5, 5.41) is 3.76. The van der Waals surface area contributed by atoms with Gasteiger partial charge in [-0.3, -0.25) is 14.2 Å². The minimum absolute atomic E-state index is 0.0251. The molecule has 5 rings (SSSR count). The molecule has 0 atom stereocenters. The van der Waals surface area contributed by atoms with Crippen molar-refractivity contribution in [2.45, 2.75) is 44.1 Å². The molecule has 1 aromatic carbocycles. The van der Waals surface area contributed by atoms with Gasteiger partial charge >= 0.3 is 0 Å². The van der Waals surface area contributed by atoms with E-state index in [4.69, 9.17) is 0 Å². The van der Waals surface area contributed by atoms with Gasteiger partial charge in [0.2, 0.25) is 5.91 Å². The van der Waals surface area contributed by atoms with Crippen LogP contribution in [-0.4, -0.2) is 22.0 Å². The van der Waals surface area contributed by atoms with Crippen molar-refractivity contribution < 1.29 is 4.79 Å². The fourth-order valence-electron chi connectivity index (χ4n) is 4.12. The third-order valence-corrected chi connectivity index (χ3v) is 7.07. The molecule has 1 N–H and O–H groups in total. The van der Waals surface area contributed by atoms with Crippen LogP contribution in [0.15, 0.2) is 41.5 Å². The molecule has 1 amide bonds. The topological polar surface area (TPSA) is 64.0 Å². The largest absolute Gasteiger partial charge is 0.354 e. The van der Waals surface area contributed by atoms with E-state index in [1.54, 1.807) is 11.3 Å². The van der Waals surface area contributed by atoms with Crippen LogP contribution in [0.2, 0.25) is 0 Å². The number of benzene rings is 1. The summed E-state index contributed by atoms with van der Waals surface area (Å²) < 4.78 is 1.45. The fraction of sp³-hybridized carbons (Fsp3) is 0.381. The van der Waals surface area contributed by atoms with Gasteiger partial charge in [-0.2, -0.15) is 0 Å². The van der Waals surface area contributed by atoms with Gasteiger partial charge in [0.1, 0.15) is 11.4 Å². The molecule has 1 saturated carbocycles. The Balaban J connectivity index is 1.32. The first-order valence-corrected chi connectivity index (χ1v) is 10.3. The first-order chi connectivity index (χ1) is 13.2. The molecule has 2 aliphatic rings. The number of carbonyl (C=O) groups is 1. The molecule has 0 aliphatic heterocycles. The van der Waals surface area contributed by atoms with Crippen LogP contribution in [0.4, 0.5) is 0 Å². The maximum Gasteiger partial charge on any atom is 0.262 e. The van der Waals surface area contributed by atoms with Gasteiger partial charge in [-0.25, -0.2) is 4.98 Å². The molecule has 1 fully saturated rings. The summed E-state index contributed by atoms with van der Waals surface area (Å²) in [7, 11) is 0. The Morgan fingerprint density at radius 3 is 2.81 bits per heavy atom. The first kappa shape index (κ1) is 16.7. The first-order valence-electron chi connectivity index (χ1n) is 9.48. The van der Waals surface area contributed by atoms with E-state index in [2.05, 4.69) is 22.4 Å². The highest BCUT2D eigenvalue weighted by Gasteiger charge is 2.44. The summed E-state index contributed by atoms with van der Waals surface area (Å²) in [5.41, 5.74) is 2.42. The fourth-order valence-corrected chi connectivity index (χ4v) is 5.34. The Morgan fingerprint density at radius 1 is 1.22 bits per heavy atom. The summed E-state index contributed by atoms with van der Waals surface area (Å²) in [6.45, 7) is 0.644.